The van der Waals surface area contributed by atoms with Crippen LogP contribution in [0.4, 0.5) is 4.39 Å². The maximum Gasteiger partial charge on any atom is 0.245 e. The van der Waals surface area contributed by atoms with Gasteiger partial charge >= 0.3 is 0 Å². The van der Waals surface area contributed by atoms with Gasteiger partial charge in [0.05, 0.1) is 5.92 Å². The molecule has 2 aromatic rings. The van der Waals surface area contributed by atoms with E-state index in [0.717, 1.165) is 16.7 Å². The molecule has 2 fully saturated rings. The van der Waals surface area contributed by atoms with E-state index in [-0.39, 0.29) is 29.5 Å². The highest BCUT2D eigenvalue weighted by molar-refractivity contribution is 5.91. The van der Waals surface area contributed by atoms with Gasteiger partial charge in [-0.3, -0.25) is 14.4 Å². The topological polar surface area (TPSA) is 69.7 Å². The third kappa shape index (κ3) is 4.82. The third-order valence-electron chi connectivity index (χ3n) is 6.31. The van der Waals surface area contributed by atoms with Crippen molar-refractivity contribution in [2.45, 2.75) is 32.2 Å². The Morgan fingerprint density at radius 3 is 2.56 bits per heavy atom. The highest BCUT2D eigenvalue weighted by Gasteiger charge is 2.36. The van der Waals surface area contributed by atoms with Crippen LogP contribution in [0.3, 0.4) is 0 Å². The first-order chi connectivity index (χ1) is 15.4. The molecule has 168 valence electrons. The molecule has 7 heteroatoms. The second kappa shape index (κ2) is 9.51. The highest BCUT2D eigenvalue weighted by Crippen LogP contribution is 2.24. The maximum atomic E-state index is 13.3. The zero-order valence-corrected chi connectivity index (χ0v) is 18.2. The van der Waals surface area contributed by atoms with Crippen LogP contribution in [-0.2, 0) is 20.8 Å². The van der Waals surface area contributed by atoms with E-state index in [1.807, 2.05) is 31.2 Å². The number of amides is 3. The molecule has 3 amide bonds. The summed E-state index contributed by atoms with van der Waals surface area (Å²) in [4.78, 5) is 41.3. The Bertz CT molecular complexity index is 1010. The van der Waals surface area contributed by atoms with Gasteiger partial charge in [-0.2, -0.15) is 0 Å². The lowest BCUT2D eigenvalue weighted by molar-refractivity contribution is -0.136. The predicted octanol–water partition coefficient (Wildman–Crippen LogP) is 2.62. The number of benzene rings is 2. The molecular formula is C25H28FN3O3. The van der Waals surface area contributed by atoms with Crippen LogP contribution in [0.5, 0.6) is 0 Å². The minimum absolute atomic E-state index is 0.0467. The summed E-state index contributed by atoms with van der Waals surface area (Å²) >= 11 is 0. The molecule has 2 saturated heterocycles. The number of carbonyl (C=O) groups is 3. The lowest BCUT2D eigenvalue weighted by Gasteiger charge is -2.26. The number of nitrogens with one attached hydrogen (secondary N) is 1. The summed E-state index contributed by atoms with van der Waals surface area (Å²) in [5.41, 5.74) is 2.85. The fourth-order valence-electron chi connectivity index (χ4n) is 4.54. The van der Waals surface area contributed by atoms with Crippen molar-refractivity contribution >= 4 is 17.7 Å². The molecule has 2 aliphatic heterocycles. The van der Waals surface area contributed by atoms with Crippen LogP contribution >= 0.6 is 0 Å². The summed E-state index contributed by atoms with van der Waals surface area (Å²) in [6, 6.07) is 13.7. The number of halogens is 1. The van der Waals surface area contributed by atoms with Gasteiger partial charge in [0.25, 0.3) is 0 Å². The number of hydrogen-bond acceptors (Lipinski definition) is 3. The Morgan fingerprint density at radius 1 is 1.09 bits per heavy atom. The van der Waals surface area contributed by atoms with Crippen LogP contribution < -0.4 is 5.32 Å². The van der Waals surface area contributed by atoms with Crippen molar-refractivity contribution in [3.8, 4) is 11.1 Å². The molecular weight excluding hydrogens is 409 g/mol. The fourth-order valence-corrected chi connectivity index (χ4v) is 4.54. The second-order valence-electron chi connectivity index (χ2n) is 8.47. The van der Waals surface area contributed by atoms with Gasteiger partial charge < -0.3 is 15.1 Å². The van der Waals surface area contributed by atoms with Crippen LogP contribution in [0.1, 0.15) is 25.3 Å². The molecule has 0 radical (unpaired) electrons. The van der Waals surface area contributed by atoms with Gasteiger partial charge in [-0.15, -0.1) is 0 Å². The third-order valence-corrected chi connectivity index (χ3v) is 6.31. The Morgan fingerprint density at radius 2 is 1.88 bits per heavy atom. The van der Waals surface area contributed by atoms with Crippen molar-refractivity contribution in [1.82, 2.24) is 15.1 Å². The number of hydrogen-bond donors (Lipinski definition) is 1. The molecule has 0 aromatic heterocycles. The van der Waals surface area contributed by atoms with Crippen molar-refractivity contribution in [3.63, 3.8) is 0 Å². The number of likely N-dealkylation sites (N-methyl/N-ethyl adjacent to an activating group) is 1. The highest BCUT2D eigenvalue weighted by atomic mass is 19.1. The summed E-state index contributed by atoms with van der Waals surface area (Å²) in [6.07, 6.45) is 1.37. The van der Waals surface area contributed by atoms with Crippen molar-refractivity contribution in [2.75, 3.05) is 26.2 Å². The first-order valence-electron chi connectivity index (χ1n) is 11.2. The number of rotatable bonds is 5. The average molecular weight is 438 g/mol. The summed E-state index contributed by atoms with van der Waals surface area (Å²) in [7, 11) is 0. The van der Waals surface area contributed by atoms with Gasteiger partial charge in [-0.05, 0) is 48.6 Å². The molecule has 1 N–H and O–H groups in total. The molecule has 2 aromatic carbocycles. The molecule has 6 nitrogen and oxygen atoms in total. The van der Waals surface area contributed by atoms with Gasteiger partial charge in [-0.1, -0.05) is 36.4 Å². The van der Waals surface area contributed by atoms with Crippen molar-refractivity contribution in [2.24, 2.45) is 5.92 Å². The number of carbonyl (C=O) groups excluding carboxylic acids is 3. The molecule has 0 spiro atoms. The second-order valence-corrected chi connectivity index (χ2v) is 8.47. The van der Waals surface area contributed by atoms with Crippen molar-refractivity contribution in [3.05, 3.63) is 59.9 Å². The maximum absolute atomic E-state index is 13.3. The molecule has 2 aliphatic rings. The first-order valence-corrected chi connectivity index (χ1v) is 11.2. The van der Waals surface area contributed by atoms with E-state index in [1.165, 1.54) is 12.1 Å². The van der Waals surface area contributed by atoms with Gasteiger partial charge in [0.1, 0.15) is 11.9 Å². The molecule has 0 bridgehead atoms. The summed E-state index contributed by atoms with van der Waals surface area (Å²) < 4.78 is 13.3. The van der Waals surface area contributed by atoms with Crippen LogP contribution in [0, 0.1) is 11.7 Å². The first kappa shape index (κ1) is 22.0. The summed E-state index contributed by atoms with van der Waals surface area (Å²) in [5, 5.41) is 2.75. The van der Waals surface area contributed by atoms with Crippen LogP contribution in [0.2, 0.25) is 0 Å². The SMILES string of the molecule is CCN1CCN(C(=O)[C@H]2CCC(=O)N2)C[C@@H](Cc2cccc(-c3ccc(F)cc3)c2)C1=O. The van der Waals surface area contributed by atoms with E-state index in [1.54, 1.807) is 21.9 Å². The smallest absolute Gasteiger partial charge is 0.245 e. The standard InChI is InChI=1S/C25H28FN3O3/c1-2-28-12-13-29(25(32)22-10-11-23(30)27-22)16-20(24(28)31)15-17-4-3-5-19(14-17)18-6-8-21(26)9-7-18/h3-9,14,20,22H,2,10-13,15-16H2,1H3,(H,27,30)/t20-,22-/m1/s1. The molecule has 0 unspecified atom stereocenters. The van der Waals surface area contributed by atoms with Gasteiger partial charge in [0.15, 0.2) is 0 Å². The van der Waals surface area contributed by atoms with Gasteiger partial charge in [0.2, 0.25) is 17.7 Å². The van der Waals surface area contributed by atoms with Crippen molar-refractivity contribution in [1.29, 1.82) is 0 Å². The van der Waals surface area contributed by atoms with E-state index in [0.29, 0.717) is 45.4 Å². The van der Waals surface area contributed by atoms with Crippen LogP contribution in [0.15, 0.2) is 48.5 Å². The Labute approximate surface area is 187 Å². The van der Waals surface area contributed by atoms with Gasteiger partial charge in [0, 0.05) is 32.6 Å². The summed E-state index contributed by atoms with van der Waals surface area (Å²) in [6.45, 7) is 3.83. The van der Waals surface area contributed by atoms with Crippen molar-refractivity contribution < 1.29 is 18.8 Å². The largest absolute Gasteiger partial charge is 0.344 e. The lowest BCUT2D eigenvalue weighted by Crippen LogP contribution is -2.46. The van der Waals surface area contributed by atoms with E-state index in [2.05, 4.69) is 5.32 Å². The molecule has 2 atom stereocenters. The lowest BCUT2D eigenvalue weighted by atomic mass is 9.94. The Hall–Kier alpha value is -3.22. The molecule has 0 aliphatic carbocycles. The minimum atomic E-state index is -0.492. The predicted molar refractivity (Wildman–Crippen MR) is 119 cm³/mol. The minimum Gasteiger partial charge on any atom is -0.344 e. The van der Waals surface area contributed by atoms with Crippen LogP contribution in [0.25, 0.3) is 11.1 Å². The average Bonchev–Trinajstić information content (AvgIpc) is 3.17. The zero-order valence-electron chi connectivity index (χ0n) is 18.2. The molecule has 4 rings (SSSR count). The number of nitrogens with zero attached hydrogens (tertiary/aromatic N) is 2. The monoisotopic (exact) mass is 437 g/mol. The quantitative estimate of drug-likeness (QED) is 0.782. The van der Waals surface area contributed by atoms with Crippen LogP contribution in [-0.4, -0.2) is 59.7 Å². The van der Waals surface area contributed by atoms with Gasteiger partial charge in [-0.25, -0.2) is 4.39 Å². The molecule has 32 heavy (non-hydrogen) atoms. The summed E-state index contributed by atoms with van der Waals surface area (Å²) in [5.74, 6) is -0.797. The van der Waals surface area contributed by atoms with E-state index in [9.17, 15) is 18.8 Å². The zero-order chi connectivity index (χ0) is 22.7. The Balaban J connectivity index is 1.54. The Kier molecular flexibility index (Phi) is 6.53. The molecule has 2 heterocycles. The van der Waals surface area contributed by atoms with E-state index < -0.39 is 6.04 Å². The molecule has 0 saturated carbocycles. The van der Waals surface area contributed by atoms with E-state index >= 15 is 0 Å². The normalized spacial score (nSPS) is 21.4. The fraction of sp³-hybridized carbons (Fsp3) is 0.400. The van der Waals surface area contributed by atoms with E-state index in [4.69, 9.17) is 0 Å².